The predicted molar refractivity (Wildman–Crippen MR) is 64.2 cm³/mol. The van der Waals surface area contributed by atoms with Crippen molar-refractivity contribution >= 4 is 11.6 Å². The summed E-state index contributed by atoms with van der Waals surface area (Å²) in [6.45, 7) is 4.22. The van der Waals surface area contributed by atoms with E-state index in [9.17, 15) is 4.79 Å². The van der Waals surface area contributed by atoms with E-state index in [1.54, 1.807) is 7.11 Å². The van der Waals surface area contributed by atoms with Gasteiger partial charge in [-0.1, -0.05) is 0 Å². The molecule has 17 heavy (non-hydrogen) atoms. The number of anilines is 1. The lowest BCUT2D eigenvalue weighted by atomic mass is 10.2. The van der Waals surface area contributed by atoms with Gasteiger partial charge in [-0.3, -0.25) is 4.79 Å². The van der Waals surface area contributed by atoms with Crippen LogP contribution in [-0.4, -0.2) is 25.9 Å². The van der Waals surface area contributed by atoms with E-state index in [4.69, 9.17) is 9.47 Å². The number of methoxy groups -OCH3 is 1. The molecule has 1 heterocycles. The minimum atomic E-state index is -0.431. The summed E-state index contributed by atoms with van der Waals surface area (Å²) >= 11 is 0. The molecule has 0 saturated carbocycles. The number of rotatable bonds is 3. The summed E-state index contributed by atoms with van der Waals surface area (Å²) in [7, 11) is 1.62. The first-order chi connectivity index (χ1) is 8.15. The average molecular weight is 236 g/mol. The zero-order chi connectivity index (χ0) is 12.4. The van der Waals surface area contributed by atoms with Gasteiger partial charge in [-0.15, -0.1) is 0 Å². The van der Waals surface area contributed by atoms with Crippen molar-refractivity contribution in [1.82, 2.24) is 5.32 Å². The molecule has 0 spiro atoms. The predicted octanol–water partition coefficient (Wildman–Crippen LogP) is 1.33. The van der Waals surface area contributed by atoms with E-state index < -0.39 is 6.35 Å². The number of nitrogens with one attached hydrogen (secondary N) is 1. The summed E-state index contributed by atoms with van der Waals surface area (Å²) in [4.78, 5) is 13.1. The highest BCUT2D eigenvalue weighted by Crippen LogP contribution is 2.38. The van der Waals surface area contributed by atoms with Gasteiger partial charge in [0.15, 0.2) is 0 Å². The van der Waals surface area contributed by atoms with Gasteiger partial charge in [0.1, 0.15) is 11.5 Å². The second kappa shape index (κ2) is 4.53. The Hall–Kier alpha value is -1.91. The number of fused-ring (bicyclic) bond motifs is 1. The lowest BCUT2D eigenvalue weighted by Gasteiger charge is -2.23. The maximum absolute atomic E-state index is 11.1. The van der Waals surface area contributed by atoms with Crippen LogP contribution in [0.5, 0.6) is 11.5 Å². The molecule has 0 aliphatic carbocycles. The maximum Gasteiger partial charge on any atom is 0.253 e. The fraction of sp³-hybridized carbons (Fsp3) is 0.417. The molecule has 1 aliphatic rings. The number of carbonyl (C=O) groups excluding carboxylic acids is 1. The smallest absolute Gasteiger partial charge is 0.253 e. The van der Waals surface area contributed by atoms with E-state index in [2.05, 4.69) is 5.32 Å². The van der Waals surface area contributed by atoms with Gasteiger partial charge < -0.3 is 19.7 Å². The topological polar surface area (TPSA) is 50.8 Å². The molecule has 1 aromatic rings. The van der Waals surface area contributed by atoms with Crippen molar-refractivity contribution in [3.63, 3.8) is 0 Å². The lowest BCUT2D eigenvalue weighted by Crippen LogP contribution is -2.48. The molecule has 92 valence electrons. The molecule has 2 rings (SSSR count). The van der Waals surface area contributed by atoms with Crippen molar-refractivity contribution in [3.8, 4) is 11.5 Å². The second-order valence-electron chi connectivity index (χ2n) is 3.79. The fourth-order valence-corrected chi connectivity index (χ4v) is 1.88. The Labute approximate surface area is 100 Å². The molecule has 0 saturated heterocycles. The Bertz CT molecular complexity index is 434. The third-order valence-electron chi connectivity index (χ3n) is 2.66. The van der Waals surface area contributed by atoms with Crippen molar-refractivity contribution < 1.29 is 14.3 Å². The molecule has 1 aliphatic heterocycles. The molecule has 1 unspecified atom stereocenters. The third-order valence-corrected chi connectivity index (χ3v) is 2.66. The average Bonchev–Trinajstić information content (AvgIpc) is 2.63. The van der Waals surface area contributed by atoms with Crippen molar-refractivity contribution in [2.24, 2.45) is 0 Å². The SMILES string of the molecule is CCN1c2cc(OC)ccc2OC1NC(C)=O. The van der Waals surface area contributed by atoms with Crippen LogP contribution in [0.1, 0.15) is 13.8 Å². The highest BCUT2D eigenvalue weighted by atomic mass is 16.5. The zero-order valence-electron chi connectivity index (χ0n) is 10.2. The second-order valence-corrected chi connectivity index (χ2v) is 3.79. The third kappa shape index (κ3) is 2.13. The molecule has 5 nitrogen and oxygen atoms in total. The normalized spacial score (nSPS) is 17.4. The first kappa shape index (κ1) is 11.6. The highest BCUT2D eigenvalue weighted by Gasteiger charge is 2.30. The standard InChI is InChI=1S/C12H16N2O3/c1-4-14-10-7-9(16-3)5-6-11(10)17-12(14)13-8(2)15/h5-7,12H,4H2,1-3H3,(H,13,15). The van der Waals surface area contributed by atoms with Gasteiger partial charge in [0, 0.05) is 19.5 Å². The van der Waals surface area contributed by atoms with Gasteiger partial charge in [-0.05, 0) is 19.1 Å². The van der Waals surface area contributed by atoms with E-state index in [1.807, 2.05) is 30.0 Å². The molecule has 5 heteroatoms. The molecule has 1 atom stereocenters. The number of nitrogens with zero attached hydrogens (tertiary/aromatic N) is 1. The summed E-state index contributed by atoms with van der Waals surface area (Å²) < 4.78 is 10.8. The Morgan fingerprint density at radius 3 is 2.94 bits per heavy atom. The van der Waals surface area contributed by atoms with E-state index in [-0.39, 0.29) is 5.91 Å². The van der Waals surface area contributed by atoms with Crippen molar-refractivity contribution in [2.75, 3.05) is 18.6 Å². The summed E-state index contributed by atoms with van der Waals surface area (Å²) in [5, 5.41) is 2.75. The fourth-order valence-electron chi connectivity index (χ4n) is 1.88. The van der Waals surface area contributed by atoms with Gasteiger partial charge in [0.25, 0.3) is 6.35 Å². The van der Waals surface area contributed by atoms with Gasteiger partial charge in [0.05, 0.1) is 12.8 Å². The molecule has 1 N–H and O–H groups in total. The van der Waals surface area contributed by atoms with Gasteiger partial charge in [0.2, 0.25) is 5.91 Å². The largest absolute Gasteiger partial charge is 0.497 e. The Balaban J connectivity index is 2.28. The van der Waals surface area contributed by atoms with Gasteiger partial charge in [-0.25, -0.2) is 0 Å². The molecule has 1 amide bonds. The zero-order valence-corrected chi connectivity index (χ0v) is 10.2. The summed E-state index contributed by atoms with van der Waals surface area (Å²) in [6, 6.07) is 5.59. The van der Waals surface area contributed by atoms with E-state index in [0.717, 1.165) is 23.7 Å². The number of carbonyl (C=O) groups is 1. The van der Waals surface area contributed by atoms with Crippen LogP contribution in [0.2, 0.25) is 0 Å². The van der Waals surface area contributed by atoms with Crippen LogP contribution < -0.4 is 19.7 Å². The summed E-state index contributed by atoms with van der Waals surface area (Å²) in [6.07, 6.45) is -0.431. The van der Waals surface area contributed by atoms with Crippen LogP contribution in [0.3, 0.4) is 0 Å². The first-order valence-electron chi connectivity index (χ1n) is 5.54. The Kier molecular flexibility index (Phi) is 3.08. The minimum absolute atomic E-state index is 0.117. The van der Waals surface area contributed by atoms with Crippen molar-refractivity contribution in [3.05, 3.63) is 18.2 Å². The number of hydrogen-bond donors (Lipinski definition) is 1. The monoisotopic (exact) mass is 236 g/mol. The number of ether oxygens (including phenoxy) is 2. The molecular weight excluding hydrogens is 220 g/mol. The lowest BCUT2D eigenvalue weighted by molar-refractivity contribution is -0.121. The quantitative estimate of drug-likeness (QED) is 0.860. The highest BCUT2D eigenvalue weighted by molar-refractivity contribution is 5.75. The molecule has 1 aromatic carbocycles. The molecule has 0 bridgehead atoms. The van der Waals surface area contributed by atoms with Crippen molar-refractivity contribution in [2.45, 2.75) is 20.2 Å². The van der Waals surface area contributed by atoms with E-state index in [1.165, 1.54) is 6.92 Å². The van der Waals surface area contributed by atoms with Gasteiger partial charge >= 0.3 is 0 Å². The van der Waals surface area contributed by atoms with Crippen LogP contribution >= 0.6 is 0 Å². The number of benzene rings is 1. The van der Waals surface area contributed by atoms with E-state index in [0.29, 0.717) is 0 Å². The van der Waals surface area contributed by atoms with Crippen molar-refractivity contribution in [1.29, 1.82) is 0 Å². The van der Waals surface area contributed by atoms with Crippen LogP contribution in [0.4, 0.5) is 5.69 Å². The van der Waals surface area contributed by atoms with Crippen LogP contribution in [0.15, 0.2) is 18.2 Å². The molecular formula is C12H16N2O3. The van der Waals surface area contributed by atoms with E-state index >= 15 is 0 Å². The van der Waals surface area contributed by atoms with Crippen LogP contribution in [0.25, 0.3) is 0 Å². The molecule has 0 fully saturated rings. The molecule has 0 radical (unpaired) electrons. The Morgan fingerprint density at radius 2 is 2.35 bits per heavy atom. The first-order valence-corrected chi connectivity index (χ1v) is 5.54. The number of hydrogen-bond acceptors (Lipinski definition) is 4. The molecule has 0 aromatic heterocycles. The maximum atomic E-state index is 11.1. The van der Waals surface area contributed by atoms with Gasteiger partial charge in [-0.2, -0.15) is 0 Å². The van der Waals surface area contributed by atoms with Crippen LogP contribution in [-0.2, 0) is 4.79 Å². The summed E-state index contributed by atoms with van der Waals surface area (Å²) in [5.74, 6) is 1.41. The summed E-state index contributed by atoms with van der Waals surface area (Å²) in [5.41, 5.74) is 0.936. The van der Waals surface area contributed by atoms with Crippen LogP contribution in [0, 0.1) is 0 Å². The Morgan fingerprint density at radius 1 is 1.59 bits per heavy atom. The number of amides is 1. The minimum Gasteiger partial charge on any atom is -0.497 e.